The number of benzene rings is 1. The maximum atomic E-state index is 11.6. The van der Waals surface area contributed by atoms with Crippen molar-refractivity contribution in [2.24, 2.45) is 0 Å². The topological polar surface area (TPSA) is 64.9 Å². The van der Waals surface area contributed by atoms with Crippen LogP contribution in [0.25, 0.3) is 0 Å². The van der Waals surface area contributed by atoms with Crippen molar-refractivity contribution in [2.75, 3.05) is 6.54 Å². The summed E-state index contributed by atoms with van der Waals surface area (Å²) >= 11 is 0. The molecule has 4 heteroatoms. The first-order chi connectivity index (χ1) is 8.90. The summed E-state index contributed by atoms with van der Waals surface area (Å²) in [5, 5.41) is 14.9. The molecule has 2 N–H and O–H groups in total. The van der Waals surface area contributed by atoms with Gasteiger partial charge in [0.05, 0.1) is 11.6 Å². The maximum absolute atomic E-state index is 11.6. The molecule has 0 aromatic heterocycles. The van der Waals surface area contributed by atoms with Gasteiger partial charge in [0.15, 0.2) is 0 Å². The molecule has 1 aromatic rings. The molecular weight excluding hydrogens is 238 g/mol. The van der Waals surface area contributed by atoms with Crippen LogP contribution in [-0.2, 0) is 11.3 Å². The van der Waals surface area contributed by atoms with Gasteiger partial charge in [0.1, 0.15) is 0 Å². The molecule has 0 saturated heterocycles. The number of nitrogens with one attached hydrogen (secondary N) is 2. The molecule has 1 rings (SSSR count). The molecule has 1 aromatic carbocycles. The van der Waals surface area contributed by atoms with Gasteiger partial charge in [-0.3, -0.25) is 4.79 Å². The van der Waals surface area contributed by atoms with Crippen LogP contribution in [0.3, 0.4) is 0 Å². The minimum Gasteiger partial charge on any atom is -0.352 e. The Hall–Kier alpha value is -1.86. The van der Waals surface area contributed by atoms with Crippen molar-refractivity contribution >= 4 is 5.91 Å². The van der Waals surface area contributed by atoms with Gasteiger partial charge in [-0.1, -0.05) is 12.1 Å². The van der Waals surface area contributed by atoms with E-state index in [0.717, 1.165) is 5.56 Å². The second kappa shape index (κ2) is 6.91. The van der Waals surface area contributed by atoms with E-state index in [9.17, 15) is 4.79 Å². The van der Waals surface area contributed by atoms with Crippen LogP contribution in [-0.4, -0.2) is 18.0 Å². The van der Waals surface area contributed by atoms with Crippen LogP contribution in [0.4, 0.5) is 0 Å². The van der Waals surface area contributed by atoms with Gasteiger partial charge < -0.3 is 10.6 Å². The maximum Gasteiger partial charge on any atom is 0.221 e. The summed E-state index contributed by atoms with van der Waals surface area (Å²) in [6.07, 6.45) is 0.454. The van der Waals surface area contributed by atoms with Crippen LogP contribution in [0.15, 0.2) is 24.3 Å². The van der Waals surface area contributed by atoms with Crippen molar-refractivity contribution in [3.8, 4) is 6.07 Å². The lowest BCUT2D eigenvalue weighted by Crippen LogP contribution is -2.38. The lowest BCUT2D eigenvalue weighted by atomic mass is 10.1. The highest BCUT2D eigenvalue weighted by molar-refractivity contribution is 5.76. The van der Waals surface area contributed by atoms with Gasteiger partial charge in [-0.2, -0.15) is 5.26 Å². The lowest BCUT2D eigenvalue weighted by molar-refractivity contribution is -0.121. The van der Waals surface area contributed by atoms with Gasteiger partial charge in [0, 0.05) is 25.0 Å². The number of hydrogen-bond acceptors (Lipinski definition) is 3. The highest BCUT2D eigenvalue weighted by Crippen LogP contribution is 2.03. The van der Waals surface area contributed by atoms with Crippen LogP contribution in [0.1, 0.15) is 38.3 Å². The number of carbonyl (C=O) groups excluding carboxylic acids is 1. The predicted molar refractivity (Wildman–Crippen MR) is 75.4 cm³/mol. The zero-order valence-corrected chi connectivity index (χ0v) is 11.8. The van der Waals surface area contributed by atoms with Crippen LogP contribution >= 0.6 is 0 Å². The van der Waals surface area contributed by atoms with Crippen LogP contribution in [0.2, 0.25) is 0 Å². The summed E-state index contributed by atoms with van der Waals surface area (Å²) in [4.78, 5) is 11.6. The summed E-state index contributed by atoms with van der Waals surface area (Å²) < 4.78 is 0. The number of amides is 1. The second-order valence-electron chi connectivity index (χ2n) is 5.52. The minimum absolute atomic E-state index is 0.0131. The van der Waals surface area contributed by atoms with Crippen molar-refractivity contribution in [3.05, 3.63) is 35.4 Å². The molecule has 0 spiro atoms. The molecule has 0 saturated carbocycles. The van der Waals surface area contributed by atoms with E-state index in [-0.39, 0.29) is 11.4 Å². The fourth-order valence-corrected chi connectivity index (χ4v) is 1.59. The van der Waals surface area contributed by atoms with Gasteiger partial charge >= 0.3 is 0 Å². The molecule has 0 radical (unpaired) electrons. The van der Waals surface area contributed by atoms with Gasteiger partial charge in [0.25, 0.3) is 0 Å². The summed E-state index contributed by atoms with van der Waals surface area (Å²) in [5.41, 5.74) is 1.58. The molecule has 4 nitrogen and oxygen atoms in total. The Morgan fingerprint density at radius 2 is 2.11 bits per heavy atom. The van der Waals surface area contributed by atoms with E-state index in [1.807, 2.05) is 12.1 Å². The summed E-state index contributed by atoms with van der Waals surface area (Å²) in [6, 6.07) is 9.34. The fourth-order valence-electron chi connectivity index (χ4n) is 1.59. The van der Waals surface area contributed by atoms with Crippen molar-refractivity contribution in [1.82, 2.24) is 10.6 Å². The number of hydrogen-bond donors (Lipinski definition) is 2. The molecule has 0 heterocycles. The number of rotatable bonds is 5. The number of carbonyl (C=O) groups is 1. The molecular formula is C15H21N3O. The normalized spacial score (nSPS) is 10.8. The average molecular weight is 259 g/mol. The van der Waals surface area contributed by atoms with Gasteiger partial charge in [0.2, 0.25) is 5.91 Å². The SMILES string of the molecule is CC(C)(C)NCCC(=O)NCc1cccc(C#N)c1. The number of nitriles is 1. The molecule has 1 amide bonds. The predicted octanol–water partition coefficient (Wildman–Crippen LogP) is 1.95. The summed E-state index contributed by atoms with van der Waals surface area (Å²) in [5.74, 6) is 0.0131. The molecule has 19 heavy (non-hydrogen) atoms. The molecule has 0 aliphatic rings. The molecule has 0 fully saturated rings. The Kier molecular flexibility index (Phi) is 5.53. The first kappa shape index (κ1) is 15.2. The fraction of sp³-hybridized carbons (Fsp3) is 0.467. The third kappa shape index (κ3) is 6.58. The first-order valence-electron chi connectivity index (χ1n) is 6.41. The highest BCUT2D eigenvalue weighted by Gasteiger charge is 2.09. The second-order valence-corrected chi connectivity index (χ2v) is 5.52. The van der Waals surface area contributed by atoms with E-state index in [1.165, 1.54) is 0 Å². The quantitative estimate of drug-likeness (QED) is 0.849. The molecule has 0 atom stereocenters. The van der Waals surface area contributed by atoms with Gasteiger partial charge in [-0.05, 0) is 38.5 Å². The Labute approximate surface area is 114 Å². The molecule has 0 bridgehead atoms. The van der Waals surface area contributed by atoms with Crippen molar-refractivity contribution in [1.29, 1.82) is 5.26 Å². The van der Waals surface area contributed by atoms with E-state index in [4.69, 9.17) is 5.26 Å². The first-order valence-corrected chi connectivity index (χ1v) is 6.41. The van der Waals surface area contributed by atoms with Crippen molar-refractivity contribution < 1.29 is 4.79 Å². The molecule has 0 aliphatic heterocycles. The van der Waals surface area contributed by atoms with E-state index >= 15 is 0 Å². The zero-order chi connectivity index (χ0) is 14.3. The summed E-state index contributed by atoms with van der Waals surface area (Å²) in [7, 11) is 0. The standard InChI is InChI=1S/C15H21N3O/c1-15(2,3)18-8-7-14(19)17-11-13-6-4-5-12(9-13)10-16/h4-6,9,18H,7-8,11H2,1-3H3,(H,17,19). The zero-order valence-electron chi connectivity index (χ0n) is 11.8. The molecule has 102 valence electrons. The van der Waals surface area contributed by atoms with Crippen LogP contribution in [0, 0.1) is 11.3 Å². The third-order valence-electron chi connectivity index (χ3n) is 2.55. The van der Waals surface area contributed by atoms with E-state index in [1.54, 1.807) is 12.1 Å². The van der Waals surface area contributed by atoms with E-state index in [0.29, 0.717) is 25.1 Å². The Balaban J connectivity index is 2.32. The van der Waals surface area contributed by atoms with E-state index in [2.05, 4.69) is 37.5 Å². The van der Waals surface area contributed by atoms with Gasteiger partial charge in [-0.15, -0.1) is 0 Å². The lowest BCUT2D eigenvalue weighted by Gasteiger charge is -2.20. The average Bonchev–Trinajstić information content (AvgIpc) is 2.35. The van der Waals surface area contributed by atoms with Crippen molar-refractivity contribution in [2.45, 2.75) is 39.3 Å². The summed E-state index contributed by atoms with van der Waals surface area (Å²) in [6.45, 7) is 7.33. The minimum atomic E-state index is 0.0131. The highest BCUT2D eigenvalue weighted by atomic mass is 16.1. The number of nitrogens with zero attached hydrogens (tertiary/aromatic N) is 1. The largest absolute Gasteiger partial charge is 0.352 e. The van der Waals surface area contributed by atoms with Crippen molar-refractivity contribution in [3.63, 3.8) is 0 Å². The van der Waals surface area contributed by atoms with E-state index < -0.39 is 0 Å². The van der Waals surface area contributed by atoms with Crippen LogP contribution < -0.4 is 10.6 Å². The smallest absolute Gasteiger partial charge is 0.221 e. The Morgan fingerprint density at radius 1 is 1.37 bits per heavy atom. The molecule has 0 unspecified atom stereocenters. The third-order valence-corrected chi connectivity index (χ3v) is 2.55. The van der Waals surface area contributed by atoms with Crippen LogP contribution in [0.5, 0.6) is 0 Å². The molecule has 0 aliphatic carbocycles. The van der Waals surface area contributed by atoms with Gasteiger partial charge in [-0.25, -0.2) is 0 Å². The monoisotopic (exact) mass is 259 g/mol. The Morgan fingerprint density at radius 3 is 2.74 bits per heavy atom. The Bertz CT molecular complexity index is 469.